The summed E-state index contributed by atoms with van der Waals surface area (Å²) in [5.41, 5.74) is 5.11. The fraction of sp³-hybridized carbons (Fsp3) is 0.0588. The van der Waals surface area contributed by atoms with Crippen LogP contribution in [0.3, 0.4) is 0 Å². The Morgan fingerprint density at radius 2 is 1.79 bits per heavy atom. The topological polar surface area (TPSA) is 80.6 Å². The Bertz CT molecular complexity index is 858. The number of hydrogen-bond donors (Lipinski definition) is 2. The fourth-order valence-electron chi connectivity index (χ4n) is 2.02. The number of fused-ring (bicyclic) bond motifs is 1. The van der Waals surface area contributed by atoms with Gasteiger partial charge in [0.15, 0.2) is 12.4 Å². The molecule has 0 spiro atoms. The molecule has 0 fully saturated rings. The molecule has 1 heterocycles. The summed E-state index contributed by atoms with van der Waals surface area (Å²) in [6, 6.07) is 15.6. The van der Waals surface area contributed by atoms with Crippen molar-refractivity contribution in [1.82, 2.24) is 10.9 Å². The number of carbonyl (C=O) groups is 2. The molecule has 1 aromatic heterocycles. The molecular weight excluding hydrogens is 332 g/mol. The highest BCUT2D eigenvalue weighted by molar-refractivity contribution is 6.32. The molecule has 0 atom stereocenters. The lowest BCUT2D eigenvalue weighted by molar-refractivity contribution is -0.123. The number of furan rings is 1. The van der Waals surface area contributed by atoms with Crippen molar-refractivity contribution in [3.8, 4) is 5.75 Å². The Morgan fingerprint density at radius 1 is 1.04 bits per heavy atom. The number of para-hydroxylation sites is 2. The minimum absolute atomic E-state index is 0.100. The molecule has 0 aliphatic rings. The van der Waals surface area contributed by atoms with Crippen LogP contribution in [0, 0.1) is 0 Å². The van der Waals surface area contributed by atoms with Crippen molar-refractivity contribution in [3.63, 3.8) is 0 Å². The summed E-state index contributed by atoms with van der Waals surface area (Å²) in [6.07, 6.45) is 0. The van der Waals surface area contributed by atoms with Gasteiger partial charge in [-0.1, -0.05) is 41.9 Å². The Morgan fingerprint density at radius 3 is 2.58 bits per heavy atom. The predicted octanol–water partition coefficient (Wildman–Crippen LogP) is 2.93. The zero-order valence-electron chi connectivity index (χ0n) is 12.4. The second-order valence-corrected chi connectivity index (χ2v) is 5.28. The first-order valence-electron chi connectivity index (χ1n) is 7.08. The molecule has 2 N–H and O–H groups in total. The standard InChI is InChI=1S/C17H13ClN2O4/c18-12-6-2-4-8-14(12)23-10-16(21)19-20-17(22)15-9-11-5-1-3-7-13(11)24-15/h1-9H,10H2,(H,19,21)(H,20,22). The molecule has 6 nitrogen and oxygen atoms in total. The van der Waals surface area contributed by atoms with Gasteiger partial charge in [-0.25, -0.2) is 0 Å². The number of nitrogens with one attached hydrogen (secondary N) is 2. The van der Waals surface area contributed by atoms with Crippen LogP contribution in [0.5, 0.6) is 5.75 Å². The first-order chi connectivity index (χ1) is 11.6. The average molecular weight is 345 g/mol. The Hall–Kier alpha value is -2.99. The lowest BCUT2D eigenvalue weighted by Gasteiger charge is -2.08. The summed E-state index contributed by atoms with van der Waals surface area (Å²) in [7, 11) is 0. The molecule has 0 bridgehead atoms. The van der Waals surface area contributed by atoms with Crippen molar-refractivity contribution in [2.75, 3.05) is 6.61 Å². The summed E-state index contributed by atoms with van der Waals surface area (Å²) in [4.78, 5) is 23.7. The summed E-state index contributed by atoms with van der Waals surface area (Å²) in [6.45, 7) is -0.288. The number of carbonyl (C=O) groups excluding carboxylic acids is 2. The van der Waals surface area contributed by atoms with E-state index in [1.807, 2.05) is 12.1 Å². The highest BCUT2D eigenvalue weighted by atomic mass is 35.5. The molecule has 2 aromatic carbocycles. The Labute approximate surface area is 142 Å². The van der Waals surface area contributed by atoms with Gasteiger partial charge in [-0.05, 0) is 24.3 Å². The second-order valence-electron chi connectivity index (χ2n) is 4.87. The molecule has 3 aromatic rings. The minimum atomic E-state index is -0.558. The van der Waals surface area contributed by atoms with E-state index in [1.165, 1.54) is 0 Å². The van der Waals surface area contributed by atoms with E-state index in [9.17, 15) is 9.59 Å². The molecule has 0 saturated carbocycles. The van der Waals surface area contributed by atoms with Gasteiger partial charge in [0.25, 0.3) is 5.91 Å². The monoisotopic (exact) mass is 344 g/mol. The summed E-state index contributed by atoms with van der Waals surface area (Å²) in [5.74, 6) is -0.599. The summed E-state index contributed by atoms with van der Waals surface area (Å²) in [5, 5.41) is 1.20. The lowest BCUT2D eigenvalue weighted by Crippen LogP contribution is -2.43. The van der Waals surface area contributed by atoms with E-state index >= 15 is 0 Å². The van der Waals surface area contributed by atoms with Crippen LogP contribution in [0.25, 0.3) is 11.0 Å². The van der Waals surface area contributed by atoms with Gasteiger partial charge in [-0.15, -0.1) is 0 Å². The number of amides is 2. The van der Waals surface area contributed by atoms with Gasteiger partial charge in [0, 0.05) is 5.39 Å². The predicted molar refractivity (Wildman–Crippen MR) is 88.8 cm³/mol. The largest absolute Gasteiger partial charge is 0.482 e. The number of ether oxygens (including phenoxy) is 1. The minimum Gasteiger partial charge on any atom is -0.482 e. The summed E-state index contributed by atoms with van der Waals surface area (Å²) < 4.78 is 10.7. The third-order valence-electron chi connectivity index (χ3n) is 3.16. The van der Waals surface area contributed by atoms with Crippen LogP contribution in [0.15, 0.2) is 59.0 Å². The average Bonchev–Trinajstić information content (AvgIpc) is 3.03. The number of hydrogen-bond acceptors (Lipinski definition) is 4. The molecule has 0 radical (unpaired) electrons. The number of hydrazine groups is 1. The molecule has 3 rings (SSSR count). The van der Waals surface area contributed by atoms with Gasteiger partial charge in [-0.2, -0.15) is 0 Å². The second kappa shape index (κ2) is 7.06. The van der Waals surface area contributed by atoms with Crippen LogP contribution in [0.1, 0.15) is 10.6 Å². The van der Waals surface area contributed by atoms with Crippen molar-refractivity contribution in [3.05, 3.63) is 65.4 Å². The number of halogens is 1. The van der Waals surface area contributed by atoms with Gasteiger partial charge in [0.1, 0.15) is 11.3 Å². The fourth-order valence-corrected chi connectivity index (χ4v) is 2.21. The SMILES string of the molecule is O=C(COc1ccccc1Cl)NNC(=O)c1cc2ccccc2o1. The summed E-state index contributed by atoms with van der Waals surface area (Å²) >= 11 is 5.92. The van der Waals surface area contributed by atoms with Crippen LogP contribution in [-0.2, 0) is 4.79 Å². The lowest BCUT2D eigenvalue weighted by atomic mass is 10.2. The molecule has 0 aliphatic heterocycles. The van der Waals surface area contributed by atoms with Gasteiger partial charge in [0.2, 0.25) is 0 Å². The maximum absolute atomic E-state index is 12.0. The van der Waals surface area contributed by atoms with Crippen molar-refractivity contribution in [1.29, 1.82) is 0 Å². The Kier molecular flexibility index (Phi) is 4.67. The van der Waals surface area contributed by atoms with Crippen LogP contribution in [-0.4, -0.2) is 18.4 Å². The number of benzene rings is 2. The third-order valence-corrected chi connectivity index (χ3v) is 3.47. The zero-order chi connectivity index (χ0) is 16.9. The quantitative estimate of drug-likeness (QED) is 0.713. The highest BCUT2D eigenvalue weighted by Gasteiger charge is 2.13. The maximum atomic E-state index is 12.0. The van der Waals surface area contributed by atoms with Crippen LogP contribution >= 0.6 is 11.6 Å². The maximum Gasteiger partial charge on any atom is 0.305 e. The first kappa shape index (κ1) is 15.9. The van der Waals surface area contributed by atoms with Crippen LogP contribution in [0.2, 0.25) is 5.02 Å². The molecule has 2 amide bonds. The molecule has 122 valence electrons. The van der Waals surface area contributed by atoms with E-state index in [2.05, 4.69) is 10.9 Å². The smallest absolute Gasteiger partial charge is 0.305 e. The van der Waals surface area contributed by atoms with Crippen molar-refractivity contribution in [2.45, 2.75) is 0 Å². The normalized spacial score (nSPS) is 10.4. The van der Waals surface area contributed by atoms with E-state index in [4.69, 9.17) is 20.8 Å². The molecule has 0 unspecified atom stereocenters. The molecular formula is C17H13ClN2O4. The van der Waals surface area contributed by atoms with E-state index < -0.39 is 11.8 Å². The van der Waals surface area contributed by atoms with Crippen LogP contribution < -0.4 is 15.6 Å². The van der Waals surface area contributed by atoms with Gasteiger partial charge >= 0.3 is 5.91 Å². The van der Waals surface area contributed by atoms with E-state index in [1.54, 1.807) is 42.5 Å². The third kappa shape index (κ3) is 3.67. The van der Waals surface area contributed by atoms with Crippen LogP contribution in [0.4, 0.5) is 0 Å². The Balaban J connectivity index is 1.52. The van der Waals surface area contributed by atoms with Gasteiger partial charge in [-0.3, -0.25) is 20.4 Å². The van der Waals surface area contributed by atoms with E-state index in [0.29, 0.717) is 16.4 Å². The van der Waals surface area contributed by atoms with E-state index in [0.717, 1.165) is 5.39 Å². The molecule has 24 heavy (non-hydrogen) atoms. The van der Waals surface area contributed by atoms with Gasteiger partial charge < -0.3 is 9.15 Å². The van der Waals surface area contributed by atoms with Crippen molar-refractivity contribution in [2.24, 2.45) is 0 Å². The van der Waals surface area contributed by atoms with Crippen molar-refractivity contribution < 1.29 is 18.7 Å². The molecule has 0 saturated heterocycles. The van der Waals surface area contributed by atoms with Crippen molar-refractivity contribution >= 4 is 34.4 Å². The number of rotatable bonds is 4. The van der Waals surface area contributed by atoms with E-state index in [-0.39, 0.29) is 12.4 Å². The van der Waals surface area contributed by atoms with Gasteiger partial charge in [0.05, 0.1) is 5.02 Å². The zero-order valence-corrected chi connectivity index (χ0v) is 13.2. The first-order valence-corrected chi connectivity index (χ1v) is 7.46. The highest BCUT2D eigenvalue weighted by Crippen LogP contribution is 2.22. The molecule has 7 heteroatoms. The molecule has 0 aliphatic carbocycles.